The third-order valence-corrected chi connectivity index (χ3v) is 7.28. The van der Waals surface area contributed by atoms with Crippen molar-refractivity contribution in [1.29, 1.82) is 0 Å². The summed E-state index contributed by atoms with van der Waals surface area (Å²) >= 11 is 15.5. The molecule has 1 heterocycles. The number of halogens is 2. The molecule has 1 aliphatic heterocycles. The maximum Gasteiger partial charge on any atom is 0.261 e. The average Bonchev–Trinajstić information content (AvgIpc) is 2.84. The topological polar surface area (TPSA) is 56.8 Å². The van der Waals surface area contributed by atoms with Crippen molar-refractivity contribution in [2.75, 3.05) is 50.1 Å². The number of rotatable bonds is 5. The minimum atomic E-state index is -0.364. The number of nitrogens with zero attached hydrogens (tertiary/aromatic N) is 2. The second-order valence-corrected chi connectivity index (χ2v) is 9.60. The zero-order chi connectivity index (χ0) is 24.2. The van der Waals surface area contributed by atoms with Crippen molar-refractivity contribution in [1.82, 2.24) is 10.2 Å². The lowest BCUT2D eigenvalue weighted by Crippen LogP contribution is -2.46. The molecule has 1 fully saturated rings. The van der Waals surface area contributed by atoms with Gasteiger partial charge in [0, 0.05) is 31.9 Å². The molecule has 1 saturated heterocycles. The van der Waals surface area contributed by atoms with Crippen LogP contribution in [0.2, 0.25) is 5.02 Å². The summed E-state index contributed by atoms with van der Waals surface area (Å²) in [6, 6.07) is 15.3. The van der Waals surface area contributed by atoms with Gasteiger partial charge in [-0.3, -0.25) is 10.1 Å². The predicted molar refractivity (Wildman–Crippen MR) is 148 cm³/mol. The Morgan fingerprint density at radius 3 is 2.56 bits per heavy atom. The zero-order valence-corrected chi connectivity index (χ0v) is 22.2. The Morgan fingerprint density at radius 2 is 1.88 bits per heavy atom. The predicted octanol–water partition coefficient (Wildman–Crippen LogP) is 5.53. The number of amides is 1. The number of carbonyl (C=O) groups is 1. The number of anilines is 2. The number of piperazine rings is 1. The van der Waals surface area contributed by atoms with Crippen LogP contribution in [0, 0.1) is 0 Å². The summed E-state index contributed by atoms with van der Waals surface area (Å²) in [5, 5.41) is 8.50. The molecule has 0 atom stereocenters. The van der Waals surface area contributed by atoms with Gasteiger partial charge < -0.3 is 19.9 Å². The first-order valence-corrected chi connectivity index (χ1v) is 12.6. The number of hydrogen-bond acceptors (Lipinski definition) is 5. The van der Waals surface area contributed by atoms with E-state index >= 15 is 0 Å². The number of fused-ring (bicyclic) bond motifs is 1. The van der Waals surface area contributed by atoms with Gasteiger partial charge >= 0.3 is 0 Å². The van der Waals surface area contributed by atoms with Gasteiger partial charge in [-0.25, -0.2) is 0 Å². The molecule has 9 heteroatoms. The smallest absolute Gasteiger partial charge is 0.261 e. The van der Waals surface area contributed by atoms with E-state index in [0.29, 0.717) is 22.0 Å². The molecule has 1 aliphatic rings. The number of hydrogen-bond donors (Lipinski definition) is 2. The van der Waals surface area contributed by atoms with E-state index in [9.17, 15) is 4.79 Å². The fraction of sp³-hybridized carbons (Fsp3) is 0.280. The van der Waals surface area contributed by atoms with Gasteiger partial charge in [0.2, 0.25) is 0 Å². The maximum absolute atomic E-state index is 13.0. The Hall–Kier alpha value is -2.39. The van der Waals surface area contributed by atoms with Gasteiger partial charge in [-0.1, -0.05) is 42.8 Å². The molecular weight excluding hydrogens is 536 g/mol. The van der Waals surface area contributed by atoms with Crippen molar-refractivity contribution in [2.45, 2.75) is 6.92 Å². The molecule has 3 aromatic carbocycles. The van der Waals surface area contributed by atoms with Crippen molar-refractivity contribution in [3.63, 3.8) is 0 Å². The van der Waals surface area contributed by atoms with Crippen LogP contribution in [-0.4, -0.2) is 55.8 Å². The molecule has 0 unspecified atom stereocenters. The first-order valence-electron chi connectivity index (χ1n) is 11.1. The Morgan fingerprint density at radius 1 is 1.15 bits per heavy atom. The third kappa shape index (κ3) is 5.30. The first-order chi connectivity index (χ1) is 16.4. The highest BCUT2D eigenvalue weighted by Crippen LogP contribution is 2.36. The molecule has 4 rings (SSSR count). The Balaban J connectivity index is 1.45. The van der Waals surface area contributed by atoms with E-state index < -0.39 is 0 Å². The van der Waals surface area contributed by atoms with Gasteiger partial charge in [0.25, 0.3) is 5.91 Å². The van der Waals surface area contributed by atoms with Crippen molar-refractivity contribution in [3.8, 4) is 5.75 Å². The minimum absolute atomic E-state index is 0.178. The number of ether oxygens (including phenoxy) is 1. The standard InChI is InChI=1S/C25H26BrClN4O2S/c1-3-30-10-12-31(13-11-30)21-9-8-17(15-20(21)27)28-25(34)29-24(32)19-14-16-6-4-5-7-18(16)22(26)23(19)33-2/h4-9,14-15H,3,10-13H2,1-2H3,(H2,28,29,32,34). The summed E-state index contributed by atoms with van der Waals surface area (Å²) in [7, 11) is 1.54. The van der Waals surface area contributed by atoms with Crippen molar-refractivity contribution in [3.05, 3.63) is 63.6 Å². The molecule has 0 saturated carbocycles. The number of benzene rings is 3. The Kier molecular flexibility index (Phi) is 7.93. The molecule has 34 heavy (non-hydrogen) atoms. The van der Waals surface area contributed by atoms with Crippen LogP contribution < -0.4 is 20.3 Å². The third-order valence-electron chi connectivity index (χ3n) is 5.98. The van der Waals surface area contributed by atoms with E-state index in [1.807, 2.05) is 42.5 Å². The van der Waals surface area contributed by atoms with Crippen LogP contribution in [-0.2, 0) is 0 Å². The first kappa shape index (κ1) is 24.7. The monoisotopic (exact) mass is 560 g/mol. The summed E-state index contributed by atoms with van der Waals surface area (Å²) in [6.07, 6.45) is 0. The van der Waals surface area contributed by atoms with E-state index in [0.717, 1.165) is 53.7 Å². The van der Waals surface area contributed by atoms with E-state index in [1.54, 1.807) is 6.07 Å². The van der Waals surface area contributed by atoms with Crippen LogP contribution in [0.25, 0.3) is 10.8 Å². The fourth-order valence-electron chi connectivity index (χ4n) is 4.13. The van der Waals surface area contributed by atoms with Crippen molar-refractivity contribution >= 4 is 72.9 Å². The average molecular weight is 562 g/mol. The molecule has 1 amide bonds. The van der Waals surface area contributed by atoms with Gasteiger partial charge in [-0.2, -0.15) is 0 Å². The fourth-order valence-corrected chi connectivity index (χ4v) is 5.38. The summed E-state index contributed by atoms with van der Waals surface area (Å²) in [5.41, 5.74) is 2.10. The second kappa shape index (κ2) is 10.9. The van der Waals surface area contributed by atoms with Crippen LogP contribution in [0.4, 0.5) is 11.4 Å². The Labute approximate surface area is 218 Å². The molecule has 0 aliphatic carbocycles. The molecule has 0 aromatic heterocycles. The molecule has 0 spiro atoms. The highest BCUT2D eigenvalue weighted by atomic mass is 79.9. The maximum atomic E-state index is 13.0. The number of thiocarbonyl (C=S) groups is 1. The van der Waals surface area contributed by atoms with Gasteiger partial charge in [-0.05, 0) is 69.7 Å². The number of likely N-dealkylation sites (N-methyl/N-ethyl adjacent to an activating group) is 1. The van der Waals surface area contributed by atoms with Gasteiger partial charge in [-0.15, -0.1) is 0 Å². The van der Waals surface area contributed by atoms with E-state index in [1.165, 1.54) is 7.11 Å². The molecule has 0 radical (unpaired) electrons. The van der Waals surface area contributed by atoms with E-state index in [2.05, 4.69) is 43.3 Å². The Bertz CT molecular complexity index is 1230. The lowest BCUT2D eigenvalue weighted by molar-refractivity contribution is 0.0975. The normalized spacial score (nSPS) is 14.2. The molecular formula is C25H26BrClN4O2S. The van der Waals surface area contributed by atoms with Crippen LogP contribution >= 0.6 is 39.7 Å². The van der Waals surface area contributed by atoms with Crippen molar-refractivity contribution in [2.24, 2.45) is 0 Å². The summed E-state index contributed by atoms with van der Waals surface area (Å²) in [4.78, 5) is 17.7. The number of nitrogens with one attached hydrogen (secondary N) is 2. The van der Waals surface area contributed by atoms with Gasteiger partial charge in [0.05, 0.1) is 27.9 Å². The molecule has 178 valence electrons. The van der Waals surface area contributed by atoms with Gasteiger partial charge in [0.1, 0.15) is 5.75 Å². The summed E-state index contributed by atoms with van der Waals surface area (Å²) < 4.78 is 6.23. The number of carbonyl (C=O) groups excluding carboxylic acids is 1. The highest BCUT2D eigenvalue weighted by molar-refractivity contribution is 9.10. The second-order valence-electron chi connectivity index (χ2n) is 7.99. The van der Waals surface area contributed by atoms with Crippen LogP contribution in [0.3, 0.4) is 0 Å². The molecule has 0 bridgehead atoms. The van der Waals surface area contributed by atoms with Crippen LogP contribution in [0.15, 0.2) is 53.0 Å². The van der Waals surface area contributed by atoms with E-state index in [4.69, 9.17) is 28.6 Å². The molecule has 2 N–H and O–H groups in total. The molecule has 6 nitrogen and oxygen atoms in total. The van der Waals surface area contributed by atoms with Crippen LogP contribution in [0.1, 0.15) is 17.3 Å². The SMILES string of the molecule is CCN1CCN(c2ccc(NC(=S)NC(=O)c3cc4ccccc4c(Br)c3OC)cc2Cl)CC1. The zero-order valence-electron chi connectivity index (χ0n) is 19.0. The number of methoxy groups -OCH3 is 1. The summed E-state index contributed by atoms with van der Waals surface area (Å²) in [6.45, 7) is 7.18. The largest absolute Gasteiger partial charge is 0.495 e. The highest BCUT2D eigenvalue weighted by Gasteiger charge is 2.20. The minimum Gasteiger partial charge on any atom is -0.495 e. The van der Waals surface area contributed by atoms with Gasteiger partial charge in [0.15, 0.2) is 5.11 Å². The lowest BCUT2D eigenvalue weighted by Gasteiger charge is -2.36. The van der Waals surface area contributed by atoms with E-state index in [-0.39, 0.29) is 11.0 Å². The van der Waals surface area contributed by atoms with Crippen molar-refractivity contribution < 1.29 is 9.53 Å². The molecule has 3 aromatic rings. The quantitative estimate of drug-likeness (QED) is 0.400. The lowest BCUT2D eigenvalue weighted by atomic mass is 10.1. The summed E-state index contributed by atoms with van der Waals surface area (Å²) in [5.74, 6) is 0.0897. The van der Waals surface area contributed by atoms with Crippen LogP contribution in [0.5, 0.6) is 5.75 Å².